The fourth-order valence-electron chi connectivity index (χ4n) is 3.87. The van der Waals surface area contributed by atoms with Gasteiger partial charge in [-0.3, -0.25) is 4.57 Å². The van der Waals surface area contributed by atoms with Crippen LogP contribution in [-0.4, -0.2) is 39.7 Å². The third kappa shape index (κ3) is 3.43. The normalized spacial score (nSPS) is 11.9. The lowest BCUT2D eigenvalue weighted by Gasteiger charge is -2.09. The van der Waals surface area contributed by atoms with Crippen LogP contribution in [0, 0.1) is 0 Å². The maximum Gasteiger partial charge on any atom is 0.327 e. The summed E-state index contributed by atoms with van der Waals surface area (Å²) in [6, 6.07) is 15.4. The lowest BCUT2D eigenvalue weighted by Crippen LogP contribution is -2.19. The van der Waals surface area contributed by atoms with Gasteiger partial charge in [-0.05, 0) is 23.8 Å². The number of anilines is 1. The van der Waals surface area contributed by atoms with E-state index in [2.05, 4.69) is 20.3 Å². The van der Waals surface area contributed by atoms with Gasteiger partial charge in [-0.15, -0.1) is 0 Å². The molecule has 5 rings (SSSR count). The number of nitrogens with one attached hydrogen (secondary N) is 2. The Morgan fingerprint density at radius 3 is 2.75 bits per heavy atom. The molecule has 0 saturated carbocycles. The number of aromatic amines is 1. The highest BCUT2D eigenvalue weighted by Crippen LogP contribution is 2.35. The molecule has 9 nitrogen and oxygen atoms in total. The van der Waals surface area contributed by atoms with Crippen molar-refractivity contribution in [3.05, 3.63) is 76.5 Å². The van der Waals surface area contributed by atoms with Crippen LogP contribution in [0.3, 0.4) is 0 Å². The molecular weight excluding hydrogens is 408 g/mol. The quantitative estimate of drug-likeness (QED) is 0.489. The number of ether oxygens (including phenoxy) is 2. The molecule has 1 aliphatic heterocycles. The topological polar surface area (TPSA) is 98.5 Å². The number of imidazole rings is 2. The van der Waals surface area contributed by atoms with Crippen LogP contribution < -0.4 is 20.5 Å². The van der Waals surface area contributed by atoms with Crippen molar-refractivity contribution in [3.8, 4) is 22.9 Å². The molecule has 0 radical (unpaired) electrons. The molecular formula is C23H22N6O3. The monoisotopic (exact) mass is 430 g/mol. The number of aliphatic imine (C=N–C) groups is 1. The van der Waals surface area contributed by atoms with Crippen molar-refractivity contribution in [1.82, 2.24) is 19.1 Å². The van der Waals surface area contributed by atoms with Gasteiger partial charge >= 0.3 is 5.69 Å². The van der Waals surface area contributed by atoms with E-state index in [9.17, 15) is 4.79 Å². The van der Waals surface area contributed by atoms with Gasteiger partial charge in [-0.25, -0.2) is 14.8 Å². The van der Waals surface area contributed by atoms with E-state index in [0.29, 0.717) is 36.1 Å². The highest BCUT2D eigenvalue weighted by molar-refractivity contribution is 5.90. The van der Waals surface area contributed by atoms with Crippen molar-refractivity contribution in [2.24, 2.45) is 4.99 Å². The summed E-state index contributed by atoms with van der Waals surface area (Å²) >= 11 is 0. The Hall–Kier alpha value is -4.27. The van der Waals surface area contributed by atoms with Crippen molar-refractivity contribution in [1.29, 1.82) is 0 Å². The molecule has 9 heteroatoms. The van der Waals surface area contributed by atoms with E-state index in [4.69, 9.17) is 9.47 Å². The molecule has 0 bridgehead atoms. The number of rotatable bonds is 6. The Kier molecular flexibility index (Phi) is 4.98. The first kappa shape index (κ1) is 19.7. The molecule has 0 amide bonds. The van der Waals surface area contributed by atoms with Gasteiger partial charge < -0.3 is 24.3 Å². The molecule has 0 saturated heterocycles. The minimum atomic E-state index is -0.231. The van der Waals surface area contributed by atoms with Crippen LogP contribution in [0.15, 0.2) is 64.6 Å². The van der Waals surface area contributed by atoms with Gasteiger partial charge in [0.15, 0.2) is 5.82 Å². The van der Waals surface area contributed by atoms with Crippen LogP contribution in [0.25, 0.3) is 11.4 Å². The molecule has 0 atom stereocenters. The second kappa shape index (κ2) is 8.10. The lowest BCUT2D eigenvalue weighted by atomic mass is 10.2. The van der Waals surface area contributed by atoms with Gasteiger partial charge in [0.25, 0.3) is 0 Å². The number of methoxy groups -OCH3 is 2. The number of hydrogen-bond donors (Lipinski definition) is 2. The second-order valence-corrected chi connectivity index (χ2v) is 7.35. The Bertz CT molecular complexity index is 1360. The van der Waals surface area contributed by atoms with Gasteiger partial charge in [-0.2, -0.15) is 0 Å². The third-order valence-electron chi connectivity index (χ3n) is 5.43. The third-order valence-corrected chi connectivity index (χ3v) is 5.43. The summed E-state index contributed by atoms with van der Waals surface area (Å²) in [4.78, 5) is 24.9. The van der Waals surface area contributed by atoms with Crippen molar-refractivity contribution >= 4 is 18.0 Å². The molecule has 4 aromatic rings. The van der Waals surface area contributed by atoms with Crippen molar-refractivity contribution in [2.45, 2.75) is 13.1 Å². The smallest absolute Gasteiger partial charge is 0.327 e. The average Bonchev–Trinajstić information content (AvgIpc) is 3.29. The van der Waals surface area contributed by atoms with E-state index in [1.165, 1.54) is 0 Å². The SMILES string of the molecule is COc1cccc(Cn2c3c([nH]c2=O)-c2ncn(Cc4ccccc4OC)c2N=CN3)c1. The maximum atomic E-state index is 12.8. The number of hydrogen-bond acceptors (Lipinski definition) is 6. The average molecular weight is 430 g/mol. The number of benzene rings is 2. The fraction of sp³-hybridized carbons (Fsp3) is 0.174. The highest BCUT2D eigenvalue weighted by atomic mass is 16.5. The number of nitrogens with zero attached hydrogens (tertiary/aromatic N) is 4. The Morgan fingerprint density at radius 2 is 1.91 bits per heavy atom. The van der Waals surface area contributed by atoms with Crippen LogP contribution in [0.2, 0.25) is 0 Å². The summed E-state index contributed by atoms with van der Waals surface area (Å²) in [6.07, 6.45) is 3.31. The first-order valence-electron chi connectivity index (χ1n) is 10.1. The minimum absolute atomic E-state index is 0.231. The summed E-state index contributed by atoms with van der Waals surface area (Å²) in [5.41, 5.74) is 2.93. The zero-order chi connectivity index (χ0) is 22.1. The molecule has 0 fully saturated rings. The van der Waals surface area contributed by atoms with Crippen molar-refractivity contribution < 1.29 is 9.47 Å². The molecule has 32 heavy (non-hydrogen) atoms. The van der Waals surface area contributed by atoms with Crippen LogP contribution in [-0.2, 0) is 13.1 Å². The number of H-pyrrole nitrogens is 1. The van der Waals surface area contributed by atoms with Gasteiger partial charge in [0.2, 0.25) is 0 Å². The van der Waals surface area contributed by atoms with Crippen molar-refractivity contribution in [2.75, 3.05) is 19.5 Å². The first-order valence-corrected chi connectivity index (χ1v) is 10.1. The Balaban J connectivity index is 1.52. The Morgan fingerprint density at radius 1 is 1.03 bits per heavy atom. The molecule has 2 aromatic heterocycles. The van der Waals surface area contributed by atoms with Crippen LogP contribution in [0.5, 0.6) is 11.5 Å². The second-order valence-electron chi connectivity index (χ2n) is 7.35. The summed E-state index contributed by atoms with van der Waals surface area (Å²) in [7, 11) is 3.27. The van der Waals surface area contributed by atoms with E-state index in [1.807, 2.05) is 53.1 Å². The zero-order valence-corrected chi connectivity index (χ0v) is 17.7. The van der Waals surface area contributed by atoms with E-state index in [-0.39, 0.29) is 5.69 Å². The summed E-state index contributed by atoms with van der Waals surface area (Å²) in [5.74, 6) is 2.80. The van der Waals surface area contributed by atoms with E-state index < -0.39 is 0 Å². The molecule has 1 aliphatic rings. The minimum Gasteiger partial charge on any atom is -0.497 e. The molecule has 2 aromatic carbocycles. The largest absolute Gasteiger partial charge is 0.497 e. The fourth-order valence-corrected chi connectivity index (χ4v) is 3.87. The molecule has 0 aliphatic carbocycles. The Labute approximate surface area is 184 Å². The van der Waals surface area contributed by atoms with Crippen molar-refractivity contribution in [3.63, 3.8) is 0 Å². The van der Waals surface area contributed by atoms with Gasteiger partial charge in [0.05, 0.1) is 40.0 Å². The molecule has 2 N–H and O–H groups in total. The lowest BCUT2D eigenvalue weighted by molar-refractivity contribution is 0.408. The van der Waals surface area contributed by atoms with E-state index >= 15 is 0 Å². The van der Waals surface area contributed by atoms with E-state index in [0.717, 1.165) is 22.6 Å². The van der Waals surface area contributed by atoms with Crippen LogP contribution in [0.4, 0.5) is 11.6 Å². The van der Waals surface area contributed by atoms with Gasteiger partial charge in [0, 0.05) is 5.56 Å². The molecule has 3 heterocycles. The predicted octanol–water partition coefficient (Wildman–Crippen LogP) is 3.24. The van der Waals surface area contributed by atoms with Crippen LogP contribution in [0.1, 0.15) is 11.1 Å². The van der Waals surface area contributed by atoms with Gasteiger partial charge in [-0.1, -0.05) is 30.3 Å². The highest BCUT2D eigenvalue weighted by Gasteiger charge is 2.24. The summed E-state index contributed by atoms with van der Waals surface area (Å²) in [6.45, 7) is 0.910. The standard InChI is InChI=1S/C23H22N6O3/c1-31-17-8-5-6-15(10-17)11-29-22-20(27-23(29)30)19-21(24-13-25-22)28(14-26-19)12-16-7-3-4-9-18(16)32-2/h3-10,13-14H,11-12H2,1-2H3,(H,24,25)(H,27,30). The molecule has 162 valence electrons. The summed E-state index contributed by atoms with van der Waals surface area (Å²) < 4.78 is 14.3. The predicted molar refractivity (Wildman–Crippen MR) is 122 cm³/mol. The molecule has 0 unspecified atom stereocenters. The van der Waals surface area contributed by atoms with E-state index in [1.54, 1.807) is 31.5 Å². The van der Waals surface area contributed by atoms with Crippen LogP contribution >= 0.6 is 0 Å². The number of para-hydroxylation sites is 1. The number of fused-ring (bicyclic) bond motifs is 3. The summed E-state index contributed by atoms with van der Waals surface area (Å²) in [5, 5.41) is 3.14. The molecule has 0 spiro atoms. The van der Waals surface area contributed by atoms with Gasteiger partial charge in [0.1, 0.15) is 28.7 Å². The first-order chi connectivity index (χ1) is 15.7. The maximum absolute atomic E-state index is 12.8. The zero-order valence-electron chi connectivity index (χ0n) is 17.7. The number of aromatic nitrogens is 4.